The molecule has 0 unspecified atom stereocenters. The van der Waals surface area contributed by atoms with E-state index < -0.39 is 17.7 Å². The summed E-state index contributed by atoms with van der Waals surface area (Å²) in [6, 6.07) is 12.3. The number of benzene rings is 2. The van der Waals surface area contributed by atoms with Crippen LogP contribution in [-0.4, -0.2) is 29.4 Å². The minimum absolute atomic E-state index is 0.0607. The number of para-hydroxylation sites is 1. The second-order valence-electron chi connectivity index (χ2n) is 5.70. The van der Waals surface area contributed by atoms with Gasteiger partial charge in [0.2, 0.25) is 0 Å². The van der Waals surface area contributed by atoms with Crippen LogP contribution in [0.4, 0.5) is 28.9 Å². The Kier molecular flexibility index (Phi) is 5.82. The molecule has 1 heterocycles. The van der Waals surface area contributed by atoms with Crippen molar-refractivity contribution in [2.75, 3.05) is 23.0 Å². The minimum atomic E-state index is -4.27. The third kappa shape index (κ3) is 4.73. The molecule has 1 aliphatic rings. The monoisotopic (exact) mass is 400 g/mol. The lowest BCUT2D eigenvalue weighted by molar-refractivity contribution is -0.105. The highest BCUT2D eigenvalue weighted by atomic mass is 32.2. The molecule has 0 amide bonds. The first kappa shape index (κ1) is 19.1. The second kappa shape index (κ2) is 7.92. The van der Waals surface area contributed by atoms with Crippen LogP contribution in [0.1, 0.15) is 5.56 Å². The van der Waals surface area contributed by atoms with E-state index >= 15 is 0 Å². The fraction of sp³-hybridized carbons (Fsp3) is 0.278. The fourth-order valence-corrected chi connectivity index (χ4v) is 4.26. The van der Waals surface area contributed by atoms with Gasteiger partial charge in [-0.2, -0.15) is 13.2 Å². The molecule has 0 N–H and O–H groups in total. The van der Waals surface area contributed by atoms with Gasteiger partial charge in [0.25, 0.3) is 0 Å². The Hall–Kier alpha value is -1.67. The van der Waals surface area contributed by atoms with Crippen LogP contribution in [-0.2, 0) is 0 Å². The molecule has 0 spiro atoms. The Bertz CT molecular complexity index is 807. The molecule has 1 fully saturated rings. The zero-order valence-electron chi connectivity index (χ0n) is 13.9. The standard InChI is InChI=1S/C18H16F4N2S2/c1-12-9-14(19)15(10-16(12)26-11-18(20,21)22)23-17-24(7-8-25-17)13-5-3-2-4-6-13/h2-6,9-10H,7-8,11H2,1H3. The third-order valence-corrected chi connectivity index (χ3v) is 5.88. The lowest BCUT2D eigenvalue weighted by atomic mass is 10.2. The molecule has 8 heteroatoms. The molecule has 138 valence electrons. The van der Waals surface area contributed by atoms with E-state index in [9.17, 15) is 17.6 Å². The molecule has 2 aromatic carbocycles. The maximum Gasteiger partial charge on any atom is 0.398 e. The highest BCUT2D eigenvalue weighted by Gasteiger charge is 2.28. The number of anilines is 1. The van der Waals surface area contributed by atoms with Gasteiger partial charge in [0.05, 0.1) is 5.75 Å². The van der Waals surface area contributed by atoms with Gasteiger partial charge in [0.1, 0.15) is 11.5 Å². The molecule has 0 aromatic heterocycles. The Balaban J connectivity index is 1.89. The normalized spacial score (nSPS) is 16.5. The molecule has 1 aliphatic heterocycles. The van der Waals surface area contributed by atoms with E-state index in [0.717, 1.165) is 18.0 Å². The fourth-order valence-electron chi connectivity index (χ4n) is 2.49. The Labute approximate surface area is 157 Å². The van der Waals surface area contributed by atoms with Crippen molar-refractivity contribution in [1.29, 1.82) is 0 Å². The van der Waals surface area contributed by atoms with Gasteiger partial charge in [0.15, 0.2) is 5.17 Å². The number of amidine groups is 1. The first-order valence-electron chi connectivity index (χ1n) is 7.87. The molecule has 2 nitrogen and oxygen atoms in total. The molecule has 1 saturated heterocycles. The number of hydrogen-bond donors (Lipinski definition) is 0. The number of nitrogens with zero attached hydrogens (tertiary/aromatic N) is 2. The van der Waals surface area contributed by atoms with Crippen molar-refractivity contribution in [3.8, 4) is 0 Å². The summed E-state index contributed by atoms with van der Waals surface area (Å²) < 4.78 is 51.8. The van der Waals surface area contributed by atoms with Crippen molar-refractivity contribution < 1.29 is 17.6 Å². The number of thioether (sulfide) groups is 2. The SMILES string of the molecule is Cc1cc(F)c(N=C2SCCN2c2ccccc2)cc1SCC(F)(F)F. The number of hydrogen-bond acceptors (Lipinski definition) is 3. The van der Waals surface area contributed by atoms with E-state index in [1.54, 1.807) is 6.92 Å². The average molecular weight is 400 g/mol. The molecule has 0 bridgehead atoms. The molecule has 2 aromatic rings. The van der Waals surface area contributed by atoms with Crippen molar-refractivity contribution >= 4 is 40.1 Å². The summed E-state index contributed by atoms with van der Waals surface area (Å²) in [4.78, 5) is 6.76. The van der Waals surface area contributed by atoms with E-state index in [4.69, 9.17) is 0 Å². The first-order chi connectivity index (χ1) is 12.3. The van der Waals surface area contributed by atoms with Crippen molar-refractivity contribution in [3.63, 3.8) is 0 Å². The summed E-state index contributed by atoms with van der Waals surface area (Å²) in [6.07, 6.45) is -4.27. The van der Waals surface area contributed by atoms with Crippen molar-refractivity contribution in [1.82, 2.24) is 0 Å². The van der Waals surface area contributed by atoms with Gasteiger partial charge in [0, 0.05) is 22.9 Å². The van der Waals surface area contributed by atoms with Gasteiger partial charge in [-0.1, -0.05) is 30.0 Å². The third-order valence-electron chi connectivity index (χ3n) is 3.70. The van der Waals surface area contributed by atoms with E-state index in [1.807, 2.05) is 35.2 Å². The molecular formula is C18H16F4N2S2. The quantitative estimate of drug-likeness (QED) is 0.460. The zero-order valence-corrected chi connectivity index (χ0v) is 15.5. The van der Waals surface area contributed by atoms with Crippen LogP contribution in [0.15, 0.2) is 52.4 Å². The van der Waals surface area contributed by atoms with Crippen molar-refractivity contribution in [2.24, 2.45) is 4.99 Å². The van der Waals surface area contributed by atoms with Crippen LogP contribution in [0.2, 0.25) is 0 Å². The summed E-state index contributed by atoms with van der Waals surface area (Å²) in [5.41, 5.74) is 1.49. The maximum absolute atomic E-state index is 14.3. The Morgan fingerprint density at radius 1 is 1.19 bits per heavy atom. The number of aliphatic imine (C=N–C) groups is 1. The summed E-state index contributed by atoms with van der Waals surface area (Å²) in [5.74, 6) is -0.732. The summed E-state index contributed by atoms with van der Waals surface area (Å²) in [6.45, 7) is 2.34. The first-order valence-corrected chi connectivity index (χ1v) is 9.84. The zero-order chi connectivity index (χ0) is 18.7. The van der Waals surface area contributed by atoms with Crippen LogP contribution >= 0.6 is 23.5 Å². The largest absolute Gasteiger partial charge is 0.398 e. The highest BCUT2D eigenvalue weighted by Crippen LogP contribution is 2.35. The second-order valence-corrected chi connectivity index (χ2v) is 7.78. The maximum atomic E-state index is 14.3. The number of halogens is 4. The van der Waals surface area contributed by atoms with E-state index in [-0.39, 0.29) is 5.69 Å². The van der Waals surface area contributed by atoms with E-state index in [1.165, 1.54) is 23.9 Å². The Morgan fingerprint density at radius 2 is 1.92 bits per heavy atom. The molecule has 26 heavy (non-hydrogen) atoms. The number of rotatable bonds is 4. The van der Waals surface area contributed by atoms with Crippen LogP contribution in [0.5, 0.6) is 0 Å². The van der Waals surface area contributed by atoms with Gasteiger partial charge in [-0.25, -0.2) is 9.38 Å². The number of alkyl halides is 3. The average Bonchev–Trinajstić information content (AvgIpc) is 3.04. The van der Waals surface area contributed by atoms with Crippen LogP contribution in [0.25, 0.3) is 0 Å². The van der Waals surface area contributed by atoms with Gasteiger partial charge in [-0.05, 0) is 36.8 Å². The molecule has 0 radical (unpaired) electrons. The highest BCUT2D eigenvalue weighted by molar-refractivity contribution is 8.14. The predicted molar refractivity (Wildman–Crippen MR) is 101 cm³/mol. The molecule has 0 aliphatic carbocycles. The van der Waals surface area contributed by atoms with E-state index in [0.29, 0.717) is 27.4 Å². The van der Waals surface area contributed by atoms with Gasteiger partial charge in [-0.15, -0.1) is 11.8 Å². The topological polar surface area (TPSA) is 15.6 Å². The minimum Gasteiger partial charge on any atom is -0.320 e. The number of aryl methyl sites for hydroxylation is 1. The molecule has 3 rings (SSSR count). The Morgan fingerprint density at radius 3 is 2.62 bits per heavy atom. The lowest BCUT2D eigenvalue weighted by Gasteiger charge is -2.18. The molecule has 0 saturated carbocycles. The van der Waals surface area contributed by atoms with Crippen LogP contribution in [0, 0.1) is 12.7 Å². The van der Waals surface area contributed by atoms with Crippen LogP contribution in [0.3, 0.4) is 0 Å². The van der Waals surface area contributed by atoms with Crippen LogP contribution < -0.4 is 4.90 Å². The summed E-state index contributed by atoms with van der Waals surface area (Å²) >= 11 is 2.15. The smallest absolute Gasteiger partial charge is 0.320 e. The van der Waals surface area contributed by atoms with E-state index in [2.05, 4.69) is 4.99 Å². The summed E-state index contributed by atoms with van der Waals surface area (Å²) in [7, 11) is 0. The predicted octanol–water partition coefficient (Wildman–Crippen LogP) is 6.03. The molecule has 0 atom stereocenters. The lowest BCUT2D eigenvalue weighted by Crippen LogP contribution is -2.23. The summed E-state index contributed by atoms with van der Waals surface area (Å²) in [5, 5.41) is 0.644. The van der Waals surface area contributed by atoms with Gasteiger partial charge >= 0.3 is 6.18 Å². The molecular weight excluding hydrogens is 384 g/mol. The van der Waals surface area contributed by atoms with Crippen molar-refractivity contribution in [2.45, 2.75) is 18.0 Å². The van der Waals surface area contributed by atoms with Gasteiger partial charge in [-0.3, -0.25) is 0 Å². The van der Waals surface area contributed by atoms with Gasteiger partial charge < -0.3 is 4.90 Å². The van der Waals surface area contributed by atoms with Crippen molar-refractivity contribution in [3.05, 3.63) is 53.8 Å².